The van der Waals surface area contributed by atoms with E-state index in [0.29, 0.717) is 22.1 Å². The van der Waals surface area contributed by atoms with E-state index in [2.05, 4.69) is 35.7 Å². The molecule has 37 heavy (non-hydrogen) atoms. The van der Waals surface area contributed by atoms with Gasteiger partial charge in [0.2, 0.25) is 5.82 Å². The number of ether oxygens (including phenoxy) is 1. The second-order valence-electron chi connectivity index (χ2n) is 7.90. The van der Waals surface area contributed by atoms with Crippen molar-refractivity contribution >= 4 is 29.0 Å². The van der Waals surface area contributed by atoms with Crippen LogP contribution < -0.4 is 10.1 Å². The van der Waals surface area contributed by atoms with E-state index in [4.69, 9.17) is 11.6 Å². The van der Waals surface area contributed by atoms with Gasteiger partial charge in [-0.3, -0.25) is 4.68 Å². The van der Waals surface area contributed by atoms with E-state index >= 15 is 0 Å². The lowest BCUT2D eigenvalue weighted by atomic mass is 10.0. The van der Waals surface area contributed by atoms with Crippen LogP contribution in [0.3, 0.4) is 0 Å². The number of benzene rings is 2. The van der Waals surface area contributed by atoms with Crippen LogP contribution in [0.2, 0.25) is 5.02 Å². The summed E-state index contributed by atoms with van der Waals surface area (Å²) >= 11 is 6.04. The summed E-state index contributed by atoms with van der Waals surface area (Å²) in [4.78, 5) is 14.3. The van der Waals surface area contributed by atoms with Crippen LogP contribution in [0.15, 0.2) is 66.0 Å². The topological polar surface area (TPSA) is 115 Å². The number of hydrazone groups is 1. The number of urea groups is 1. The molecule has 15 heteroatoms. The van der Waals surface area contributed by atoms with Crippen LogP contribution in [-0.2, 0) is 7.05 Å². The molecule has 0 saturated heterocycles. The summed E-state index contributed by atoms with van der Waals surface area (Å²) in [6.45, 7) is 0.133. The molecule has 190 valence electrons. The van der Waals surface area contributed by atoms with E-state index in [-0.39, 0.29) is 12.2 Å². The molecule has 1 N–H and O–H groups in total. The first-order chi connectivity index (χ1) is 17.6. The van der Waals surface area contributed by atoms with E-state index in [9.17, 15) is 18.0 Å². The van der Waals surface area contributed by atoms with E-state index in [1.54, 1.807) is 48.4 Å². The van der Waals surface area contributed by atoms with Crippen LogP contribution in [0.5, 0.6) is 5.75 Å². The molecule has 0 bridgehead atoms. The highest BCUT2D eigenvalue weighted by Gasteiger charge is 2.34. The first-order valence-corrected chi connectivity index (χ1v) is 11.1. The smallest absolute Gasteiger partial charge is 0.406 e. The fourth-order valence-corrected chi connectivity index (χ4v) is 3.77. The molecule has 1 atom stereocenters. The zero-order valence-electron chi connectivity index (χ0n) is 19.0. The molecule has 0 fully saturated rings. The second-order valence-corrected chi connectivity index (χ2v) is 8.34. The van der Waals surface area contributed by atoms with Crippen molar-refractivity contribution in [3.05, 3.63) is 71.5 Å². The molecule has 1 aliphatic heterocycles. The zero-order valence-corrected chi connectivity index (χ0v) is 19.7. The van der Waals surface area contributed by atoms with Gasteiger partial charge in [0, 0.05) is 22.5 Å². The van der Waals surface area contributed by atoms with Crippen LogP contribution in [0.4, 0.5) is 23.7 Å². The highest BCUT2D eigenvalue weighted by molar-refractivity contribution is 6.30. The van der Waals surface area contributed by atoms with Crippen LogP contribution in [0.25, 0.3) is 11.4 Å². The predicted octanol–water partition coefficient (Wildman–Crippen LogP) is 4.12. The van der Waals surface area contributed by atoms with Crippen LogP contribution in [0.1, 0.15) is 11.6 Å². The Bertz CT molecular complexity index is 1450. The number of carbonyl (C=O) groups is 1. The molecule has 4 aromatic rings. The number of nitrogens with zero attached hydrogens (tertiary/aromatic N) is 8. The van der Waals surface area contributed by atoms with Crippen molar-refractivity contribution in [3.8, 4) is 17.1 Å². The standard InChI is InChI=1S/C22H17ClF3N9O2/c1-33-31-20(29-32-33)14-10-27-34(11-14)18-12-35(30-19(18)13-2-4-15(23)5-3-13)21(36)28-16-6-8-17(9-7-16)37-22(24,25)26/h2-11,18H,12H2,1H3,(H,28,36). The summed E-state index contributed by atoms with van der Waals surface area (Å²) in [6.07, 6.45) is -1.49. The molecule has 5 rings (SSSR count). The molecular formula is C22H17ClF3N9O2. The number of nitrogens with one attached hydrogen (secondary N) is 1. The Hall–Kier alpha value is -4.46. The molecule has 0 radical (unpaired) electrons. The molecule has 2 aromatic carbocycles. The van der Waals surface area contributed by atoms with Crippen molar-refractivity contribution in [1.82, 2.24) is 35.0 Å². The quantitative estimate of drug-likeness (QED) is 0.414. The van der Waals surface area contributed by atoms with Gasteiger partial charge in [0.25, 0.3) is 0 Å². The minimum Gasteiger partial charge on any atom is -0.406 e. The molecule has 11 nitrogen and oxygen atoms in total. The van der Waals surface area contributed by atoms with Gasteiger partial charge in [0.1, 0.15) is 11.8 Å². The van der Waals surface area contributed by atoms with Gasteiger partial charge in [0.05, 0.1) is 31.1 Å². The van der Waals surface area contributed by atoms with E-state index in [1.165, 1.54) is 21.9 Å². The Morgan fingerprint density at radius 2 is 1.84 bits per heavy atom. The molecule has 0 spiro atoms. The van der Waals surface area contributed by atoms with Gasteiger partial charge in [-0.1, -0.05) is 23.7 Å². The number of amides is 2. The van der Waals surface area contributed by atoms with Gasteiger partial charge in [-0.25, -0.2) is 9.80 Å². The average molecular weight is 532 g/mol. The SMILES string of the molecule is Cn1nnc(-c2cnn(C3CN(C(=O)Nc4ccc(OC(F)(F)F)cc4)N=C3c3ccc(Cl)cc3)c2)n1. The number of hydrogen-bond donors (Lipinski definition) is 1. The first-order valence-electron chi connectivity index (χ1n) is 10.7. The Labute approximate surface area is 212 Å². The predicted molar refractivity (Wildman–Crippen MR) is 126 cm³/mol. The van der Waals surface area contributed by atoms with Crippen molar-refractivity contribution in [2.75, 3.05) is 11.9 Å². The number of carbonyl (C=O) groups excluding carboxylic acids is 1. The summed E-state index contributed by atoms with van der Waals surface area (Å²) in [7, 11) is 1.65. The van der Waals surface area contributed by atoms with Crippen molar-refractivity contribution in [2.24, 2.45) is 12.1 Å². The lowest BCUT2D eigenvalue weighted by Crippen LogP contribution is -2.31. The van der Waals surface area contributed by atoms with Crippen molar-refractivity contribution in [2.45, 2.75) is 12.4 Å². The maximum atomic E-state index is 13.0. The molecular weight excluding hydrogens is 515 g/mol. The van der Waals surface area contributed by atoms with Gasteiger partial charge in [0.15, 0.2) is 0 Å². The number of tetrazole rings is 1. The molecule has 0 aliphatic carbocycles. The lowest BCUT2D eigenvalue weighted by Gasteiger charge is -2.16. The molecule has 1 aliphatic rings. The monoisotopic (exact) mass is 531 g/mol. The van der Waals surface area contributed by atoms with Gasteiger partial charge in [-0.15, -0.1) is 23.4 Å². The third-order valence-electron chi connectivity index (χ3n) is 5.29. The fourth-order valence-electron chi connectivity index (χ4n) is 3.65. The summed E-state index contributed by atoms with van der Waals surface area (Å²) in [6, 6.07) is 10.7. The highest BCUT2D eigenvalue weighted by Crippen LogP contribution is 2.28. The minimum absolute atomic E-state index is 0.133. The Kier molecular flexibility index (Phi) is 6.25. The second kappa shape index (κ2) is 9.54. The lowest BCUT2D eigenvalue weighted by molar-refractivity contribution is -0.274. The number of halogens is 4. The Morgan fingerprint density at radius 1 is 1.11 bits per heavy atom. The number of aromatic nitrogens is 6. The molecule has 2 amide bonds. The van der Waals surface area contributed by atoms with Gasteiger partial charge in [-0.2, -0.15) is 15.0 Å². The Balaban J connectivity index is 1.38. The van der Waals surface area contributed by atoms with E-state index in [1.807, 2.05) is 0 Å². The van der Waals surface area contributed by atoms with Crippen LogP contribution in [0, 0.1) is 0 Å². The maximum absolute atomic E-state index is 13.0. The number of anilines is 1. The number of alkyl halides is 3. The van der Waals surface area contributed by atoms with E-state index < -0.39 is 24.2 Å². The van der Waals surface area contributed by atoms with Gasteiger partial charge >= 0.3 is 12.4 Å². The highest BCUT2D eigenvalue weighted by atomic mass is 35.5. The fraction of sp³-hybridized carbons (Fsp3) is 0.182. The molecule has 1 unspecified atom stereocenters. The summed E-state index contributed by atoms with van der Waals surface area (Å²) in [5.74, 6) is -0.00820. The minimum atomic E-state index is -4.81. The Morgan fingerprint density at radius 3 is 2.49 bits per heavy atom. The van der Waals surface area contributed by atoms with Crippen molar-refractivity contribution in [3.63, 3.8) is 0 Å². The van der Waals surface area contributed by atoms with Crippen molar-refractivity contribution in [1.29, 1.82) is 0 Å². The molecule has 0 saturated carbocycles. The summed E-state index contributed by atoms with van der Waals surface area (Å²) < 4.78 is 42.7. The number of aryl methyl sites for hydroxylation is 1. The third-order valence-corrected chi connectivity index (χ3v) is 5.54. The average Bonchev–Trinajstić information content (AvgIpc) is 3.59. The summed E-state index contributed by atoms with van der Waals surface area (Å²) in [5, 5.41) is 25.3. The summed E-state index contributed by atoms with van der Waals surface area (Å²) in [5.41, 5.74) is 2.18. The third kappa shape index (κ3) is 5.53. The number of rotatable bonds is 5. The largest absolute Gasteiger partial charge is 0.573 e. The normalized spacial score (nSPS) is 15.5. The van der Waals surface area contributed by atoms with Gasteiger partial charge < -0.3 is 10.1 Å². The number of hydrogen-bond acceptors (Lipinski definition) is 7. The zero-order chi connectivity index (χ0) is 26.2. The van der Waals surface area contributed by atoms with Crippen LogP contribution in [-0.4, -0.2) is 59.6 Å². The maximum Gasteiger partial charge on any atom is 0.573 e. The van der Waals surface area contributed by atoms with Crippen molar-refractivity contribution < 1.29 is 22.7 Å². The first kappa shape index (κ1) is 24.2. The molecule has 3 heterocycles. The van der Waals surface area contributed by atoms with E-state index in [0.717, 1.165) is 17.7 Å². The van der Waals surface area contributed by atoms with Gasteiger partial charge in [-0.05, 0) is 41.6 Å². The molecule has 2 aromatic heterocycles. The van der Waals surface area contributed by atoms with Crippen LogP contribution >= 0.6 is 11.6 Å².